The third-order valence-electron chi connectivity index (χ3n) is 3.65. The van der Waals surface area contributed by atoms with Crippen LogP contribution in [-0.4, -0.2) is 59.6 Å². The van der Waals surface area contributed by atoms with Crippen molar-refractivity contribution >= 4 is 11.7 Å². The van der Waals surface area contributed by atoms with Crippen LogP contribution in [0.1, 0.15) is 28.1 Å². The molecule has 2 aromatic rings. The zero-order chi connectivity index (χ0) is 16.4. The fourth-order valence-electron chi connectivity index (χ4n) is 2.48. The van der Waals surface area contributed by atoms with Gasteiger partial charge in [-0.05, 0) is 6.92 Å². The molecule has 1 aliphatic rings. The van der Waals surface area contributed by atoms with E-state index in [1.807, 2.05) is 32.0 Å². The van der Waals surface area contributed by atoms with E-state index in [1.165, 1.54) is 12.6 Å². The molecule has 0 N–H and O–H groups in total. The van der Waals surface area contributed by atoms with E-state index in [0.29, 0.717) is 25.6 Å². The first-order valence-electron chi connectivity index (χ1n) is 7.36. The summed E-state index contributed by atoms with van der Waals surface area (Å²) in [5.41, 5.74) is 0.844. The van der Waals surface area contributed by atoms with Gasteiger partial charge in [0.15, 0.2) is 12.2 Å². The van der Waals surface area contributed by atoms with Gasteiger partial charge in [0, 0.05) is 32.4 Å². The fraction of sp³-hybridized carbons (Fsp3) is 0.467. The Balaban J connectivity index is 1.94. The highest BCUT2D eigenvalue weighted by Gasteiger charge is 2.33. The highest BCUT2D eigenvalue weighted by Crippen LogP contribution is 2.25. The Labute approximate surface area is 134 Å². The molecule has 0 saturated carbocycles. The van der Waals surface area contributed by atoms with Crippen molar-refractivity contribution in [3.05, 3.63) is 35.9 Å². The van der Waals surface area contributed by atoms with Crippen LogP contribution in [0.25, 0.3) is 0 Å². The van der Waals surface area contributed by atoms with Crippen LogP contribution >= 0.6 is 0 Å². The molecule has 1 unspecified atom stereocenters. The molecule has 0 aromatic carbocycles. The molecule has 0 aliphatic carbocycles. The van der Waals surface area contributed by atoms with Crippen LogP contribution in [0.3, 0.4) is 0 Å². The molecule has 122 valence electrons. The minimum Gasteiger partial charge on any atom is -0.438 e. The number of aryl methyl sites for hydroxylation is 1. The second-order valence-corrected chi connectivity index (χ2v) is 5.58. The summed E-state index contributed by atoms with van der Waals surface area (Å²) in [6, 6.07) is 1.55. The van der Waals surface area contributed by atoms with Gasteiger partial charge < -0.3 is 19.0 Å². The number of anilines is 1. The molecule has 0 bridgehead atoms. The maximum Gasteiger partial charge on any atom is 0.292 e. The number of hydrogen-bond acceptors (Lipinski definition) is 7. The van der Waals surface area contributed by atoms with Crippen LogP contribution in [-0.2, 0) is 4.74 Å². The minimum atomic E-state index is -0.347. The number of ether oxygens (including phenoxy) is 1. The number of aromatic nitrogens is 3. The number of nitrogens with zero attached hydrogens (tertiary/aromatic N) is 5. The number of morpholine rings is 1. The van der Waals surface area contributed by atoms with Crippen molar-refractivity contribution in [3.8, 4) is 0 Å². The second kappa shape index (κ2) is 6.33. The molecule has 1 saturated heterocycles. The summed E-state index contributed by atoms with van der Waals surface area (Å²) in [5, 5.41) is 0. The summed E-state index contributed by atoms with van der Waals surface area (Å²) in [6.07, 6.45) is 2.66. The average molecular weight is 317 g/mol. The lowest BCUT2D eigenvalue weighted by Gasteiger charge is -2.34. The Bertz CT molecular complexity index is 686. The maximum atomic E-state index is 12.6. The maximum absolute atomic E-state index is 12.6. The second-order valence-electron chi connectivity index (χ2n) is 5.58. The summed E-state index contributed by atoms with van der Waals surface area (Å²) >= 11 is 0. The van der Waals surface area contributed by atoms with Gasteiger partial charge in [-0.25, -0.2) is 15.0 Å². The predicted molar refractivity (Wildman–Crippen MR) is 82.2 cm³/mol. The number of hydrogen-bond donors (Lipinski definition) is 0. The lowest BCUT2D eigenvalue weighted by atomic mass is 10.2. The molecular weight excluding hydrogens is 298 g/mol. The molecule has 8 heteroatoms. The van der Waals surface area contributed by atoms with E-state index in [1.54, 1.807) is 4.90 Å². The minimum absolute atomic E-state index is 0.206. The summed E-state index contributed by atoms with van der Waals surface area (Å²) in [4.78, 5) is 29.1. The molecule has 0 radical (unpaired) electrons. The van der Waals surface area contributed by atoms with E-state index in [0.717, 1.165) is 11.5 Å². The monoisotopic (exact) mass is 317 g/mol. The third kappa shape index (κ3) is 3.16. The van der Waals surface area contributed by atoms with Gasteiger partial charge in [-0.15, -0.1) is 0 Å². The van der Waals surface area contributed by atoms with Crippen LogP contribution < -0.4 is 4.90 Å². The van der Waals surface area contributed by atoms with Crippen molar-refractivity contribution in [2.45, 2.75) is 13.0 Å². The number of amides is 1. The van der Waals surface area contributed by atoms with E-state index < -0.39 is 0 Å². The zero-order valence-electron chi connectivity index (χ0n) is 13.4. The van der Waals surface area contributed by atoms with Gasteiger partial charge in [0.1, 0.15) is 11.9 Å². The Morgan fingerprint density at radius 2 is 2.22 bits per heavy atom. The molecule has 3 heterocycles. The lowest BCUT2D eigenvalue weighted by Crippen LogP contribution is -2.44. The molecule has 1 aliphatic heterocycles. The highest BCUT2D eigenvalue weighted by molar-refractivity contribution is 5.91. The Morgan fingerprint density at radius 1 is 1.39 bits per heavy atom. The Hall–Kier alpha value is -2.48. The Kier molecular flexibility index (Phi) is 4.24. The van der Waals surface area contributed by atoms with Crippen LogP contribution in [0, 0.1) is 6.92 Å². The van der Waals surface area contributed by atoms with Gasteiger partial charge in [0.2, 0.25) is 5.76 Å². The standard InChI is InChI=1S/C15H19N5O3/c1-10-6-13(19(2)3)18-14(17-10)11-8-22-5-4-20(11)15(21)12-7-16-9-23-12/h6-7,9,11H,4-5,8H2,1-3H3. The number of carbonyl (C=O) groups is 1. The van der Waals surface area contributed by atoms with Gasteiger partial charge in [0.05, 0.1) is 19.4 Å². The molecule has 1 fully saturated rings. The molecule has 23 heavy (non-hydrogen) atoms. The van der Waals surface area contributed by atoms with Gasteiger partial charge in [-0.2, -0.15) is 0 Å². The molecule has 0 spiro atoms. The predicted octanol–water partition coefficient (Wildman–Crippen LogP) is 1.05. The first-order valence-corrected chi connectivity index (χ1v) is 7.36. The number of oxazole rings is 1. The summed E-state index contributed by atoms with van der Waals surface area (Å²) < 4.78 is 10.7. The summed E-state index contributed by atoms with van der Waals surface area (Å²) in [5.74, 6) is 1.34. The van der Waals surface area contributed by atoms with Crippen molar-refractivity contribution in [2.24, 2.45) is 0 Å². The molecule has 2 aromatic heterocycles. The van der Waals surface area contributed by atoms with E-state index in [9.17, 15) is 4.79 Å². The van der Waals surface area contributed by atoms with Gasteiger partial charge >= 0.3 is 0 Å². The largest absolute Gasteiger partial charge is 0.438 e. The van der Waals surface area contributed by atoms with Crippen molar-refractivity contribution in [3.63, 3.8) is 0 Å². The van der Waals surface area contributed by atoms with E-state index >= 15 is 0 Å². The third-order valence-corrected chi connectivity index (χ3v) is 3.65. The SMILES string of the molecule is Cc1cc(N(C)C)nc(C2COCCN2C(=O)c2cnco2)n1. The normalized spacial score (nSPS) is 18.0. The number of carbonyl (C=O) groups excluding carboxylic acids is 1. The number of rotatable bonds is 3. The average Bonchev–Trinajstić information content (AvgIpc) is 3.08. The van der Waals surface area contributed by atoms with Crippen molar-refractivity contribution < 1.29 is 13.9 Å². The van der Waals surface area contributed by atoms with E-state index in [2.05, 4.69) is 15.0 Å². The highest BCUT2D eigenvalue weighted by atomic mass is 16.5. The molecule has 1 amide bonds. The zero-order valence-corrected chi connectivity index (χ0v) is 13.4. The molecule has 1 atom stereocenters. The van der Waals surface area contributed by atoms with Crippen molar-refractivity contribution in [1.29, 1.82) is 0 Å². The lowest BCUT2D eigenvalue weighted by molar-refractivity contribution is -0.00676. The van der Waals surface area contributed by atoms with E-state index in [-0.39, 0.29) is 17.7 Å². The first kappa shape index (κ1) is 15.4. The summed E-state index contributed by atoms with van der Waals surface area (Å²) in [7, 11) is 3.83. The van der Waals surface area contributed by atoms with Gasteiger partial charge in [-0.1, -0.05) is 0 Å². The van der Waals surface area contributed by atoms with Crippen LogP contribution in [0.15, 0.2) is 23.1 Å². The van der Waals surface area contributed by atoms with Crippen LogP contribution in [0.2, 0.25) is 0 Å². The smallest absolute Gasteiger partial charge is 0.292 e. The quantitative estimate of drug-likeness (QED) is 0.836. The molecular formula is C15H19N5O3. The Morgan fingerprint density at radius 3 is 2.91 bits per heavy atom. The van der Waals surface area contributed by atoms with Crippen molar-refractivity contribution in [2.75, 3.05) is 38.8 Å². The van der Waals surface area contributed by atoms with Crippen LogP contribution in [0.5, 0.6) is 0 Å². The topological polar surface area (TPSA) is 84.6 Å². The van der Waals surface area contributed by atoms with E-state index in [4.69, 9.17) is 9.15 Å². The fourth-order valence-corrected chi connectivity index (χ4v) is 2.48. The van der Waals surface area contributed by atoms with Crippen molar-refractivity contribution in [1.82, 2.24) is 19.9 Å². The molecule has 8 nitrogen and oxygen atoms in total. The van der Waals surface area contributed by atoms with Crippen LogP contribution in [0.4, 0.5) is 5.82 Å². The first-order chi connectivity index (χ1) is 11.1. The van der Waals surface area contributed by atoms with Gasteiger partial charge in [0.25, 0.3) is 5.91 Å². The molecule has 3 rings (SSSR count). The van der Waals surface area contributed by atoms with Gasteiger partial charge in [-0.3, -0.25) is 4.79 Å². The summed E-state index contributed by atoms with van der Waals surface area (Å²) in [6.45, 7) is 3.20.